The number of nitrogens with zero attached hydrogens (tertiary/aromatic N) is 2. The van der Waals surface area contributed by atoms with Crippen molar-refractivity contribution in [2.24, 2.45) is 0 Å². The van der Waals surface area contributed by atoms with Crippen LogP contribution in [0.25, 0.3) is 21.4 Å². The van der Waals surface area contributed by atoms with Gasteiger partial charge in [-0.15, -0.1) is 0 Å². The third kappa shape index (κ3) is 2.55. The van der Waals surface area contributed by atoms with Crippen LogP contribution in [0.3, 0.4) is 0 Å². The van der Waals surface area contributed by atoms with Gasteiger partial charge < -0.3 is 0 Å². The molecule has 100 valence electrons. The van der Waals surface area contributed by atoms with E-state index in [2.05, 4.69) is 67.5 Å². The van der Waals surface area contributed by atoms with E-state index in [-0.39, 0.29) is 14.5 Å². The van der Waals surface area contributed by atoms with E-state index in [9.17, 15) is 0 Å². The third-order valence-electron chi connectivity index (χ3n) is 3.08. The molecule has 1 heterocycles. The Morgan fingerprint density at radius 3 is 1.90 bits per heavy atom. The fourth-order valence-corrected chi connectivity index (χ4v) is 4.24. The van der Waals surface area contributed by atoms with Gasteiger partial charge in [0.1, 0.15) is 0 Å². The Hall–Kier alpha value is -1.83. The fourth-order valence-electron chi connectivity index (χ4n) is 2.10. The number of hydrogen-bond acceptors (Lipinski definition) is 2. The number of benzene rings is 2. The van der Waals surface area contributed by atoms with Crippen LogP contribution in [-0.4, -0.2) is 33.6 Å². The molecular formula is C17H16N2Se. The van der Waals surface area contributed by atoms with Gasteiger partial charge in [-0.3, -0.25) is 0 Å². The van der Waals surface area contributed by atoms with Crippen LogP contribution in [0.1, 0.15) is 0 Å². The minimum atomic E-state index is 0.260. The van der Waals surface area contributed by atoms with Crippen LogP contribution in [0.4, 0.5) is 4.56 Å². The van der Waals surface area contributed by atoms with Gasteiger partial charge in [-0.25, -0.2) is 0 Å². The van der Waals surface area contributed by atoms with Crippen LogP contribution < -0.4 is 4.90 Å². The summed E-state index contributed by atoms with van der Waals surface area (Å²) in [7, 11) is 4.20. The standard InChI is InChI=1S/C17H16N2Se/c1-19(2)17-15(13-9-5-3-6-10-13)18-16(20-17)14-11-7-4-8-12-14/h3-12H,1-2H3. The van der Waals surface area contributed by atoms with Crippen LogP contribution in [0.15, 0.2) is 60.7 Å². The summed E-state index contributed by atoms with van der Waals surface area (Å²) in [4.78, 5) is 7.11. The molecule has 0 aliphatic heterocycles. The Morgan fingerprint density at radius 1 is 0.800 bits per heavy atom. The predicted molar refractivity (Wildman–Crippen MR) is 86.4 cm³/mol. The van der Waals surface area contributed by atoms with E-state index in [1.165, 1.54) is 20.3 Å². The van der Waals surface area contributed by atoms with Gasteiger partial charge in [0.25, 0.3) is 0 Å². The maximum absolute atomic E-state index is 4.91. The molecule has 0 unspecified atom stereocenters. The van der Waals surface area contributed by atoms with Gasteiger partial charge in [0.2, 0.25) is 0 Å². The second kappa shape index (κ2) is 5.66. The Balaban J connectivity index is 2.13. The molecule has 3 heteroatoms. The summed E-state index contributed by atoms with van der Waals surface area (Å²) in [6, 6.07) is 20.9. The molecule has 1 aromatic heterocycles. The second-order valence-electron chi connectivity index (χ2n) is 4.80. The predicted octanol–water partition coefficient (Wildman–Crippen LogP) is 3.54. The fraction of sp³-hybridized carbons (Fsp3) is 0.118. The van der Waals surface area contributed by atoms with E-state index < -0.39 is 0 Å². The van der Waals surface area contributed by atoms with Crippen LogP contribution in [0.5, 0.6) is 0 Å². The molecule has 0 fully saturated rings. The molecule has 0 aliphatic rings. The van der Waals surface area contributed by atoms with Crippen molar-refractivity contribution in [2.45, 2.75) is 0 Å². The van der Waals surface area contributed by atoms with Crippen molar-refractivity contribution < 1.29 is 0 Å². The van der Waals surface area contributed by atoms with Crippen LogP contribution in [-0.2, 0) is 0 Å². The molecule has 2 nitrogen and oxygen atoms in total. The molecule has 0 saturated carbocycles. The Labute approximate surface area is 125 Å². The van der Waals surface area contributed by atoms with E-state index in [4.69, 9.17) is 4.98 Å². The van der Waals surface area contributed by atoms with Gasteiger partial charge in [-0.05, 0) is 0 Å². The van der Waals surface area contributed by atoms with Crippen molar-refractivity contribution in [1.29, 1.82) is 0 Å². The first-order valence-corrected chi connectivity index (χ1v) is 8.26. The van der Waals surface area contributed by atoms with Gasteiger partial charge in [-0.1, -0.05) is 0 Å². The first-order chi connectivity index (χ1) is 9.75. The van der Waals surface area contributed by atoms with Crippen molar-refractivity contribution in [3.8, 4) is 21.4 Å². The first kappa shape index (κ1) is 13.2. The normalized spacial score (nSPS) is 10.5. The zero-order valence-electron chi connectivity index (χ0n) is 11.6. The van der Waals surface area contributed by atoms with E-state index in [1.54, 1.807) is 0 Å². The quantitative estimate of drug-likeness (QED) is 0.684. The Kier molecular flexibility index (Phi) is 3.72. The molecule has 20 heavy (non-hydrogen) atoms. The van der Waals surface area contributed by atoms with Crippen molar-refractivity contribution in [3.63, 3.8) is 0 Å². The van der Waals surface area contributed by atoms with Crippen LogP contribution in [0, 0.1) is 0 Å². The molecule has 0 radical (unpaired) electrons. The van der Waals surface area contributed by atoms with Gasteiger partial charge >= 0.3 is 125 Å². The van der Waals surface area contributed by atoms with Crippen molar-refractivity contribution in [2.75, 3.05) is 19.0 Å². The molecule has 3 aromatic rings. The topological polar surface area (TPSA) is 16.1 Å². The van der Waals surface area contributed by atoms with Crippen LogP contribution >= 0.6 is 0 Å². The monoisotopic (exact) mass is 328 g/mol. The van der Waals surface area contributed by atoms with E-state index in [0.717, 1.165) is 5.69 Å². The zero-order chi connectivity index (χ0) is 13.9. The summed E-state index contributed by atoms with van der Waals surface area (Å²) < 4.78 is 2.54. The zero-order valence-corrected chi connectivity index (χ0v) is 13.3. The van der Waals surface area contributed by atoms with Crippen molar-refractivity contribution >= 4 is 19.1 Å². The molecule has 2 aromatic carbocycles. The average molecular weight is 327 g/mol. The molecule has 0 aliphatic carbocycles. The minimum absolute atomic E-state index is 0.260. The molecular weight excluding hydrogens is 311 g/mol. The summed E-state index contributed by atoms with van der Waals surface area (Å²) in [6.07, 6.45) is 0. The van der Waals surface area contributed by atoms with E-state index >= 15 is 0 Å². The molecule has 0 bridgehead atoms. The summed E-state index contributed by atoms with van der Waals surface area (Å²) in [5, 5.41) is 0. The Bertz CT molecular complexity index is 688. The van der Waals surface area contributed by atoms with Crippen LogP contribution in [0.2, 0.25) is 0 Å². The van der Waals surface area contributed by atoms with Gasteiger partial charge in [-0.2, -0.15) is 0 Å². The summed E-state index contributed by atoms with van der Waals surface area (Å²) >= 11 is 0.260. The van der Waals surface area contributed by atoms with Gasteiger partial charge in [0.05, 0.1) is 0 Å². The average Bonchev–Trinajstić information content (AvgIpc) is 2.94. The second-order valence-corrected chi connectivity index (χ2v) is 6.85. The van der Waals surface area contributed by atoms with Crippen molar-refractivity contribution in [1.82, 2.24) is 4.98 Å². The molecule has 3 rings (SSSR count). The number of aromatic nitrogens is 1. The molecule has 0 spiro atoms. The number of rotatable bonds is 3. The van der Waals surface area contributed by atoms with E-state index in [0.29, 0.717) is 0 Å². The number of anilines is 1. The molecule has 0 saturated heterocycles. The maximum atomic E-state index is 4.91. The summed E-state index contributed by atoms with van der Waals surface area (Å²) in [6.45, 7) is 0. The SMILES string of the molecule is CN(C)c1[se]c(-c2ccccc2)nc1-c1ccccc1. The molecule has 0 N–H and O–H groups in total. The summed E-state index contributed by atoms with van der Waals surface area (Å²) in [5.41, 5.74) is 3.55. The van der Waals surface area contributed by atoms with E-state index in [1.807, 2.05) is 12.1 Å². The number of hydrogen-bond donors (Lipinski definition) is 0. The summed E-state index contributed by atoms with van der Waals surface area (Å²) in [5.74, 6) is 0. The van der Waals surface area contributed by atoms with Crippen molar-refractivity contribution in [3.05, 3.63) is 60.7 Å². The third-order valence-corrected chi connectivity index (χ3v) is 5.75. The molecule has 0 atom stereocenters. The molecule has 0 amide bonds. The first-order valence-electron chi connectivity index (χ1n) is 6.54. The Morgan fingerprint density at radius 2 is 1.35 bits per heavy atom. The van der Waals surface area contributed by atoms with Gasteiger partial charge in [0.15, 0.2) is 0 Å². The van der Waals surface area contributed by atoms with Gasteiger partial charge in [0, 0.05) is 0 Å².